The number of nitrogens with one attached hydrogen (secondary N) is 1. The van der Waals surface area contributed by atoms with Gasteiger partial charge in [-0.05, 0) is 63.9 Å². The molecule has 1 aliphatic rings. The van der Waals surface area contributed by atoms with Crippen molar-refractivity contribution in [3.8, 4) is 0 Å². The van der Waals surface area contributed by atoms with Gasteiger partial charge in [0, 0.05) is 25.0 Å². The number of nitrogens with zero attached hydrogens (tertiary/aromatic N) is 2. The zero-order valence-corrected chi connectivity index (χ0v) is 24.3. The van der Waals surface area contributed by atoms with Gasteiger partial charge in [0.05, 0.1) is 42.4 Å². The van der Waals surface area contributed by atoms with Crippen molar-refractivity contribution in [3.63, 3.8) is 0 Å². The van der Waals surface area contributed by atoms with Crippen molar-refractivity contribution >= 4 is 44.7 Å². The summed E-state index contributed by atoms with van der Waals surface area (Å²) in [4.78, 5) is 26.0. The Hall–Kier alpha value is -3.07. The Balaban J connectivity index is 1.99. The van der Waals surface area contributed by atoms with Gasteiger partial charge in [-0.25, -0.2) is 13.4 Å². The Bertz CT molecular complexity index is 1490. The Labute approximate surface area is 242 Å². The number of piperidine rings is 1. The van der Waals surface area contributed by atoms with Crippen molar-refractivity contribution in [3.05, 3.63) is 52.3 Å². The summed E-state index contributed by atoms with van der Waals surface area (Å²) in [5.74, 6) is -3.70. The quantitative estimate of drug-likeness (QED) is 0.341. The number of amides is 2. The smallest absolute Gasteiger partial charge is 0.442 e. The van der Waals surface area contributed by atoms with E-state index in [1.165, 1.54) is 25.7 Å². The van der Waals surface area contributed by atoms with Crippen molar-refractivity contribution < 1.29 is 49.3 Å². The highest BCUT2D eigenvalue weighted by Crippen LogP contribution is 2.41. The molecule has 1 heterocycles. The first kappa shape index (κ1) is 33.4. The molecule has 0 saturated carbocycles. The maximum absolute atomic E-state index is 14.6. The van der Waals surface area contributed by atoms with Gasteiger partial charge in [-0.2, -0.15) is 26.3 Å². The second-order valence-electron chi connectivity index (χ2n) is 10.6. The van der Waals surface area contributed by atoms with Gasteiger partial charge in [0.1, 0.15) is 11.4 Å². The topological polar surface area (TPSA) is 88.1 Å². The highest BCUT2D eigenvalue weighted by Gasteiger charge is 2.42. The van der Waals surface area contributed by atoms with E-state index in [2.05, 4.69) is 9.68 Å². The van der Waals surface area contributed by atoms with Crippen LogP contribution in [0.2, 0.25) is 5.02 Å². The Kier molecular flexibility index (Phi) is 9.47. The van der Waals surface area contributed by atoms with Crippen molar-refractivity contribution in [1.29, 1.82) is 0 Å². The molecule has 2 amide bonds. The molecular weight excluding hydrogens is 619 g/mol. The number of anilines is 2. The lowest BCUT2D eigenvalue weighted by molar-refractivity contribution is -0.179. The number of alkyl halides is 6. The van der Waals surface area contributed by atoms with Crippen LogP contribution >= 0.6 is 11.6 Å². The molecule has 232 valence electrons. The number of halogens is 8. The molecule has 0 unspecified atom stereocenters. The minimum atomic E-state index is -4.92. The molecule has 1 atom stereocenters. The molecule has 0 spiro atoms. The monoisotopic (exact) mass is 645 g/mol. The maximum Gasteiger partial charge on any atom is 0.442 e. The van der Waals surface area contributed by atoms with Crippen LogP contribution in [-0.2, 0) is 20.6 Å². The maximum atomic E-state index is 14.6. The fraction of sp³-hybridized carbons (Fsp3) is 0.462. The van der Waals surface area contributed by atoms with Gasteiger partial charge < -0.3 is 15.0 Å². The minimum absolute atomic E-state index is 0.164. The SMILES string of the molecule is CC(C)(C)OC(=O)N=[S@@](C)(=O)c1cc(NC(=O)c2cc(Cl)c(C(F)(F)F)cc2N2CCC(C(F)(F)F)CC2)ccc1F. The molecule has 0 aromatic heterocycles. The van der Waals surface area contributed by atoms with E-state index in [-0.39, 0.29) is 30.0 Å². The molecule has 2 aromatic rings. The summed E-state index contributed by atoms with van der Waals surface area (Å²) in [6.07, 6.45) is -10.4. The molecule has 0 radical (unpaired) electrons. The van der Waals surface area contributed by atoms with E-state index in [1.807, 2.05) is 0 Å². The largest absolute Gasteiger partial charge is 0.442 e. The zero-order chi connectivity index (χ0) is 31.8. The van der Waals surface area contributed by atoms with Crippen LogP contribution in [0.15, 0.2) is 39.6 Å². The van der Waals surface area contributed by atoms with E-state index < -0.39 is 79.7 Å². The second-order valence-corrected chi connectivity index (χ2v) is 13.3. The predicted octanol–water partition coefficient (Wildman–Crippen LogP) is 7.92. The molecule has 3 rings (SSSR count). The Morgan fingerprint density at radius 1 is 1.05 bits per heavy atom. The first-order chi connectivity index (χ1) is 19.1. The van der Waals surface area contributed by atoms with E-state index in [0.29, 0.717) is 6.07 Å². The number of carbonyl (C=O) groups is 2. The summed E-state index contributed by atoms with van der Waals surface area (Å²) in [6.45, 7) is 4.04. The highest BCUT2D eigenvalue weighted by molar-refractivity contribution is 7.93. The van der Waals surface area contributed by atoms with E-state index in [4.69, 9.17) is 16.3 Å². The molecule has 7 nitrogen and oxygen atoms in total. The molecule has 0 bridgehead atoms. The molecule has 0 aliphatic carbocycles. The lowest BCUT2D eigenvalue weighted by atomic mass is 9.95. The average molecular weight is 646 g/mol. The summed E-state index contributed by atoms with van der Waals surface area (Å²) in [5, 5.41) is 1.53. The Morgan fingerprint density at radius 2 is 1.64 bits per heavy atom. The van der Waals surface area contributed by atoms with Crippen molar-refractivity contribution in [1.82, 2.24) is 0 Å². The van der Waals surface area contributed by atoms with Gasteiger partial charge in [-0.1, -0.05) is 11.6 Å². The first-order valence-electron chi connectivity index (χ1n) is 12.4. The molecule has 1 aliphatic heterocycles. The van der Waals surface area contributed by atoms with Gasteiger partial charge in [0.25, 0.3) is 5.91 Å². The van der Waals surface area contributed by atoms with E-state index in [9.17, 15) is 44.5 Å². The zero-order valence-electron chi connectivity index (χ0n) is 22.8. The lowest BCUT2D eigenvalue weighted by Crippen LogP contribution is -2.40. The third-order valence-corrected chi connectivity index (χ3v) is 8.11. The molecule has 1 saturated heterocycles. The van der Waals surface area contributed by atoms with Crippen molar-refractivity contribution in [2.45, 2.75) is 56.5 Å². The van der Waals surface area contributed by atoms with Gasteiger partial charge in [0.2, 0.25) is 0 Å². The van der Waals surface area contributed by atoms with Crippen LogP contribution in [0.25, 0.3) is 0 Å². The number of rotatable bonds is 4. The van der Waals surface area contributed by atoms with Crippen LogP contribution in [0.4, 0.5) is 46.9 Å². The van der Waals surface area contributed by atoms with Gasteiger partial charge in [-0.15, -0.1) is 4.36 Å². The number of benzene rings is 2. The highest BCUT2D eigenvalue weighted by atomic mass is 35.5. The standard InChI is InChI=1S/C26H27ClF7N3O4S/c1-24(2,3)41-23(39)36-42(4,40)21-11-15(5-6-19(21)28)35-22(38)16-12-18(27)17(26(32,33)34)13-20(16)37-9-7-14(8-10-37)25(29,30)31/h5-6,11-14H,7-10H2,1-4H3,(H,35,38)/t42-/m0/s1. The average Bonchev–Trinajstić information content (AvgIpc) is 2.82. The van der Waals surface area contributed by atoms with Crippen LogP contribution in [0.3, 0.4) is 0 Å². The minimum Gasteiger partial charge on any atom is -0.442 e. The Morgan fingerprint density at radius 3 is 2.17 bits per heavy atom. The van der Waals surface area contributed by atoms with Crippen LogP contribution in [0.1, 0.15) is 49.5 Å². The molecule has 2 aromatic carbocycles. The summed E-state index contributed by atoms with van der Waals surface area (Å²) < 4.78 is 116. The summed E-state index contributed by atoms with van der Waals surface area (Å²) in [7, 11) is -3.73. The van der Waals surface area contributed by atoms with E-state index >= 15 is 0 Å². The summed E-state index contributed by atoms with van der Waals surface area (Å²) in [5.41, 5.74) is -3.12. The number of hydrogen-bond donors (Lipinski definition) is 1. The number of ether oxygens (including phenoxy) is 1. The van der Waals surface area contributed by atoms with Crippen molar-refractivity contribution in [2.75, 3.05) is 29.6 Å². The normalized spacial score (nSPS) is 16.5. The van der Waals surface area contributed by atoms with E-state index in [1.54, 1.807) is 0 Å². The summed E-state index contributed by atoms with van der Waals surface area (Å²) >= 11 is 5.84. The fourth-order valence-corrected chi connectivity index (χ4v) is 5.68. The third-order valence-electron chi connectivity index (χ3n) is 6.17. The molecule has 16 heteroatoms. The molecule has 1 N–H and O–H groups in total. The molecular formula is C26H27ClF7N3O4S. The predicted molar refractivity (Wildman–Crippen MR) is 143 cm³/mol. The molecule has 1 fully saturated rings. The number of carbonyl (C=O) groups excluding carboxylic acids is 2. The first-order valence-corrected chi connectivity index (χ1v) is 14.7. The van der Waals surface area contributed by atoms with Gasteiger partial charge >= 0.3 is 18.4 Å². The van der Waals surface area contributed by atoms with Gasteiger partial charge in [0.15, 0.2) is 0 Å². The van der Waals surface area contributed by atoms with E-state index in [0.717, 1.165) is 30.5 Å². The van der Waals surface area contributed by atoms with Crippen molar-refractivity contribution in [2.24, 2.45) is 10.3 Å². The van der Waals surface area contributed by atoms with Gasteiger partial charge in [-0.3, -0.25) is 4.79 Å². The summed E-state index contributed by atoms with van der Waals surface area (Å²) in [6, 6.07) is 4.18. The lowest BCUT2D eigenvalue weighted by Gasteiger charge is -2.35. The van der Waals surface area contributed by atoms with Crippen LogP contribution in [-0.4, -0.2) is 47.3 Å². The van der Waals surface area contributed by atoms with Crippen LogP contribution in [0, 0.1) is 11.7 Å². The van der Waals surface area contributed by atoms with Crippen LogP contribution < -0.4 is 10.2 Å². The number of hydrogen-bond acceptors (Lipinski definition) is 5. The fourth-order valence-electron chi connectivity index (χ4n) is 4.21. The molecule has 42 heavy (non-hydrogen) atoms. The third kappa shape index (κ3) is 8.27. The second kappa shape index (κ2) is 11.9. The van der Waals surface area contributed by atoms with Crippen LogP contribution in [0.5, 0.6) is 0 Å².